The molecule has 0 N–H and O–H groups in total. The molecule has 0 aliphatic carbocycles. The van der Waals surface area contributed by atoms with Crippen LogP contribution in [0.4, 0.5) is 0 Å². The van der Waals surface area contributed by atoms with Crippen LogP contribution in [-0.4, -0.2) is 0 Å². The molecule has 0 spiro atoms. The first-order valence-corrected chi connectivity index (χ1v) is 5.11. The Labute approximate surface area is 72.4 Å². The van der Waals surface area contributed by atoms with Crippen LogP contribution >= 0.6 is 0 Å². The molecule has 0 aromatic heterocycles. The second kappa shape index (κ2) is 5.62. The minimum absolute atomic E-state index is 0.869. The molecule has 0 amide bonds. The van der Waals surface area contributed by atoms with Crippen LogP contribution in [0.1, 0.15) is 53.9 Å². The zero-order valence-corrected chi connectivity index (χ0v) is 8.85. The van der Waals surface area contributed by atoms with Crippen molar-refractivity contribution in [1.82, 2.24) is 0 Å². The summed E-state index contributed by atoms with van der Waals surface area (Å²) in [5, 5.41) is 0. The van der Waals surface area contributed by atoms with Gasteiger partial charge in [0, 0.05) is 0 Å². The topological polar surface area (TPSA) is 0 Å². The van der Waals surface area contributed by atoms with Gasteiger partial charge in [-0.1, -0.05) is 47.5 Å². The zero-order chi connectivity index (χ0) is 8.85. The highest BCUT2D eigenvalue weighted by atomic mass is 14.2. The first-order valence-electron chi connectivity index (χ1n) is 5.11. The standard InChI is InChI=1S/C11H24/c1-6-10(5)11(7-2)8-9(3)4/h9-11H,6-8H2,1-5H3/t10-,11-/m1/s1. The van der Waals surface area contributed by atoms with E-state index in [1.165, 1.54) is 19.3 Å². The lowest BCUT2D eigenvalue weighted by molar-refractivity contribution is 0.284. The van der Waals surface area contributed by atoms with E-state index in [9.17, 15) is 0 Å². The van der Waals surface area contributed by atoms with Crippen molar-refractivity contribution in [2.24, 2.45) is 17.8 Å². The summed E-state index contributed by atoms with van der Waals surface area (Å²) in [7, 11) is 0. The van der Waals surface area contributed by atoms with Gasteiger partial charge in [0.25, 0.3) is 0 Å². The van der Waals surface area contributed by atoms with Gasteiger partial charge in [0.05, 0.1) is 0 Å². The minimum atomic E-state index is 0.869. The lowest BCUT2D eigenvalue weighted by atomic mass is 9.83. The molecule has 0 nitrogen and oxygen atoms in total. The van der Waals surface area contributed by atoms with Gasteiger partial charge >= 0.3 is 0 Å². The van der Waals surface area contributed by atoms with Gasteiger partial charge in [-0.15, -0.1) is 0 Å². The molecule has 0 radical (unpaired) electrons. The van der Waals surface area contributed by atoms with Gasteiger partial charge in [-0.2, -0.15) is 0 Å². The maximum absolute atomic E-state index is 2.39. The Morgan fingerprint density at radius 1 is 0.909 bits per heavy atom. The third-order valence-electron chi connectivity index (χ3n) is 2.75. The monoisotopic (exact) mass is 156 g/mol. The van der Waals surface area contributed by atoms with Gasteiger partial charge in [-0.05, 0) is 24.2 Å². The first-order chi connectivity index (χ1) is 5.11. The van der Waals surface area contributed by atoms with Crippen molar-refractivity contribution >= 4 is 0 Å². The van der Waals surface area contributed by atoms with Crippen molar-refractivity contribution in [2.45, 2.75) is 53.9 Å². The van der Waals surface area contributed by atoms with Gasteiger partial charge in [-0.3, -0.25) is 0 Å². The quantitative estimate of drug-likeness (QED) is 0.562. The highest BCUT2D eigenvalue weighted by Gasteiger charge is 2.14. The van der Waals surface area contributed by atoms with Crippen molar-refractivity contribution in [3.63, 3.8) is 0 Å². The summed E-state index contributed by atoms with van der Waals surface area (Å²) in [5.41, 5.74) is 0. The Hall–Kier alpha value is 0. The molecule has 0 heterocycles. The molecular formula is C11H24. The average Bonchev–Trinajstić information content (AvgIpc) is 1.98. The van der Waals surface area contributed by atoms with Gasteiger partial charge in [0.15, 0.2) is 0 Å². The Balaban J connectivity index is 3.74. The number of hydrogen-bond donors (Lipinski definition) is 0. The van der Waals surface area contributed by atoms with Gasteiger partial charge in [0.1, 0.15) is 0 Å². The third kappa shape index (κ3) is 4.44. The minimum Gasteiger partial charge on any atom is -0.0651 e. The summed E-state index contributed by atoms with van der Waals surface area (Å²) in [6.45, 7) is 11.7. The predicted molar refractivity (Wildman–Crippen MR) is 52.7 cm³/mol. The Morgan fingerprint density at radius 3 is 1.73 bits per heavy atom. The van der Waals surface area contributed by atoms with E-state index in [1.54, 1.807) is 0 Å². The summed E-state index contributed by atoms with van der Waals surface area (Å²) in [6, 6.07) is 0. The highest BCUT2D eigenvalue weighted by Crippen LogP contribution is 2.25. The van der Waals surface area contributed by atoms with E-state index in [2.05, 4.69) is 34.6 Å². The van der Waals surface area contributed by atoms with E-state index in [0.29, 0.717) is 0 Å². The van der Waals surface area contributed by atoms with Crippen LogP contribution in [0, 0.1) is 17.8 Å². The van der Waals surface area contributed by atoms with Crippen LogP contribution < -0.4 is 0 Å². The molecule has 0 aromatic rings. The fourth-order valence-corrected chi connectivity index (χ4v) is 1.74. The number of hydrogen-bond acceptors (Lipinski definition) is 0. The highest BCUT2D eigenvalue weighted by molar-refractivity contribution is 4.65. The second-order valence-electron chi connectivity index (χ2n) is 4.18. The summed E-state index contributed by atoms with van der Waals surface area (Å²) in [5.74, 6) is 2.75. The zero-order valence-electron chi connectivity index (χ0n) is 8.85. The average molecular weight is 156 g/mol. The molecule has 0 unspecified atom stereocenters. The molecule has 0 saturated heterocycles. The molecule has 2 atom stereocenters. The summed E-state index contributed by atoms with van der Waals surface area (Å²) < 4.78 is 0. The van der Waals surface area contributed by atoms with E-state index < -0.39 is 0 Å². The molecule has 0 saturated carbocycles. The van der Waals surface area contributed by atoms with Gasteiger partial charge in [0.2, 0.25) is 0 Å². The van der Waals surface area contributed by atoms with Crippen LogP contribution in [0.15, 0.2) is 0 Å². The predicted octanol–water partition coefficient (Wildman–Crippen LogP) is 4.10. The van der Waals surface area contributed by atoms with Crippen LogP contribution in [0.2, 0.25) is 0 Å². The fourth-order valence-electron chi connectivity index (χ4n) is 1.74. The van der Waals surface area contributed by atoms with Crippen molar-refractivity contribution in [1.29, 1.82) is 0 Å². The Bertz CT molecular complexity index is 84.0. The molecular weight excluding hydrogens is 132 g/mol. The van der Waals surface area contributed by atoms with Crippen LogP contribution in [0.5, 0.6) is 0 Å². The Morgan fingerprint density at radius 2 is 1.45 bits per heavy atom. The summed E-state index contributed by atoms with van der Waals surface area (Å²) >= 11 is 0. The SMILES string of the molecule is CC[C@H](CC(C)C)[C@H](C)CC. The molecule has 0 aliphatic rings. The smallest absolute Gasteiger partial charge is 0.0389 e. The third-order valence-corrected chi connectivity index (χ3v) is 2.75. The van der Waals surface area contributed by atoms with Crippen molar-refractivity contribution in [3.05, 3.63) is 0 Å². The lowest BCUT2D eigenvalue weighted by Crippen LogP contribution is -2.12. The van der Waals surface area contributed by atoms with E-state index in [0.717, 1.165) is 17.8 Å². The Kier molecular flexibility index (Phi) is 5.62. The van der Waals surface area contributed by atoms with E-state index in [-0.39, 0.29) is 0 Å². The normalized spacial score (nSPS) is 16.9. The van der Waals surface area contributed by atoms with E-state index in [1.807, 2.05) is 0 Å². The molecule has 68 valence electrons. The molecule has 0 fully saturated rings. The van der Waals surface area contributed by atoms with Gasteiger partial charge in [-0.25, -0.2) is 0 Å². The molecule has 11 heavy (non-hydrogen) atoms. The largest absolute Gasteiger partial charge is 0.0651 e. The van der Waals surface area contributed by atoms with Crippen molar-refractivity contribution in [2.75, 3.05) is 0 Å². The molecule has 0 aromatic carbocycles. The first kappa shape index (κ1) is 11.0. The van der Waals surface area contributed by atoms with Crippen LogP contribution in [0.25, 0.3) is 0 Å². The van der Waals surface area contributed by atoms with Crippen molar-refractivity contribution in [3.8, 4) is 0 Å². The second-order valence-corrected chi connectivity index (χ2v) is 4.18. The van der Waals surface area contributed by atoms with E-state index >= 15 is 0 Å². The molecule has 0 heteroatoms. The molecule has 0 bridgehead atoms. The molecule has 0 rings (SSSR count). The maximum atomic E-state index is 2.39. The van der Waals surface area contributed by atoms with Gasteiger partial charge < -0.3 is 0 Å². The van der Waals surface area contributed by atoms with Crippen LogP contribution in [0.3, 0.4) is 0 Å². The van der Waals surface area contributed by atoms with E-state index in [4.69, 9.17) is 0 Å². The maximum Gasteiger partial charge on any atom is -0.0389 e. The lowest BCUT2D eigenvalue weighted by Gasteiger charge is -2.23. The summed E-state index contributed by atoms with van der Waals surface area (Å²) in [4.78, 5) is 0. The molecule has 0 aliphatic heterocycles. The van der Waals surface area contributed by atoms with Crippen molar-refractivity contribution < 1.29 is 0 Å². The summed E-state index contributed by atoms with van der Waals surface area (Å²) in [6.07, 6.45) is 4.10. The van der Waals surface area contributed by atoms with Crippen LogP contribution in [-0.2, 0) is 0 Å². The fraction of sp³-hybridized carbons (Fsp3) is 1.00. The number of rotatable bonds is 5.